The molecule has 0 aliphatic heterocycles. The second kappa shape index (κ2) is 6.54. The van der Waals surface area contributed by atoms with Gasteiger partial charge in [0.2, 0.25) is 0 Å². The number of ketones is 1. The fraction of sp³-hybridized carbons (Fsp3) is 0.692. The van der Waals surface area contributed by atoms with Crippen LogP contribution in [0.25, 0.3) is 0 Å². The summed E-state index contributed by atoms with van der Waals surface area (Å²) in [6.45, 7) is 8.18. The van der Waals surface area contributed by atoms with Crippen LogP contribution >= 0.6 is 0 Å². The Morgan fingerprint density at radius 1 is 1.33 bits per heavy atom. The van der Waals surface area contributed by atoms with E-state index in [2.05, 4.69) is 13.0 Å². The zero-order valence-corrected chi connectivity index (χ0v) is 10.4. The number of rotatable bonds is 7. The lowest BCUT2D eigenvalue weighted by atomic mass is 9.74. The Kier molecular flexibility index (Phi) is 6.14. The Morgan fingerprint density at radius 3 is 2.20 bits per heavy atom. The third-order valence-electron chi connectivity index (χ3n) is 3.50. The molecule has 15 heavy (non-hydrogen) atoms. The van der Waals surface area contributed by atoms with Gasteiger partial charge in [-0.1, -0.05) is 25.5 Å². The first kappa shape index (κ1) is 14.1. The molecule has 0 aromatic carbocycles. The van der Waals surface area contributed by atoms with Crippen LogP contribution in [0.2, 0.25) is 0 Å². The molecule has 0 aromatic rings. The van der Waals surface area contributed by atoms with Crippen molar-refractivity contribution in [2.75, 3.05) is 0 Å². The first-order chi connectivity index (χ1) is 7.06. The summed E-state index contributed by atoms with van der Waals surface area (Å²) in [5.74, 6) is -0.0172. The highest BCUT2D eigenvalue weighted by Gasteiger charge is 2.32. The first-order valence-electron chi connectivity index (χ1n) is 5.73. The van der Waals surface area contributed by atoms with Crippen LogP contribution in [0, 0.1) is 10.8 Å². The summed E-state index contributed by atoms with van der Waals surface area (Å²) in [5.41, 5.74) is 1.02. The molecule has 1 N–H and O–H groups in total. The summed E-state index contributed by atoms with van der Waals surface area (Å²) in [7, 11) is 0. The standard InChI is InChI=1S/C13H23NO/c1-5-11(4)8-9-13(6-2,7-3)12(15)10-14/h5,10,14H,6-9H2,1-4H3/b11-5+,14-10?. The highest BCUT2D eigenvalue weighted by atomic mass is 16.1. The Hall–Kier alpha value is -0.920. The highest BCUT2D eigenvalue weighted by Crippen LogP contribution is 2.33. The molecule has 0 fully saturated rings. The molecule has 0 amide bonds. The molecule has 0 saturated carbocycles. The molecule has 0 spiro atoms. The molecule has 0 heterocycles. The van der Waals surface area contributed by atoms with Crippen molar-refractivity contribution in [1.29, 1.82) is 5.41 Å². The summed E-state index contributed by atoms with van der Waals surface area (Å²) in [6, 6.07) is 0. The molecule has 0 aromatic heterocycles. The fourth-order valence-electron chi connectivity index (χ4n) is 1.81. The minimum atomic E-state index is -0.300. The zero-order valence-electron chi connectivity index (χ0n) is 10.4. The molecule has 0 atom stereocenters. The minimum absolute atomic E-state index is 0.0172. The van der Waals surface area contributed by atoms with Gasteiger partial charge in [0.05, 0.1) is 6.21 Å². The van der Waals surface area contributed by atoms with Crippen molar-refractivity contribution in [2.24, 2.45) is 5.41 Å². The molecule has 2 nitrogen and oxygen atoms in total. The summed E-state index contributed by atoms with van der Waals surface area (Å²) >= 11 is 0. The third kappa shape index (κ3) is 3.61. The van der Waals surface area contributed by atoms with E-state index in [-0.39, 0.29) is 11.2 Å². The molecule has 0 radical (unpaired) electrons. The minimum Gasteiger partial charge on any atom is -0.305 e. The monoisotopic (exact) mass is 209 g/mol. The van der Waals surface area contributed by atoms with E-state index in [9.17, 15) is 4.79 Å². The second-order valence-corrected chi connectivity index (χ2v) is 4.13. The lowest BCUT2D eigenvalue weighted by molar-refractivity contribution is -0.122. The first-order valence-corrected chi connectivity index (χ1v) is 5.73. The van der Waals surface area contributed by atoms with Crippen molar-refractivity contribution in [3.05, 3.63) is 11.6 Å². The average Bonchev–Trinajstić information content (AvgIpc) is 2.29. The quantitative estimate of drug-likeness (QED) is 0.503. The van der Waals surface area contributed by atoms with Gasteiger partial charge in [0.15, 0.2) is 5.78 Å². The lowest BCUT2D eigenvalue weighted by Crippen LogP contribution is -2.30. The van der Waals surface area contributed by atoms with Crippen LogP contribution in [0.15, 0.2) is 11.6 Å². The normalized spacial score (nSPS) is 12.7. The van der Waals surface area contributed by atoms with Crippen molar-refractivity contribution in [3.8, 4) is 0 Å². The summed E-state index contributed by atoms with van der Waals surface area (Å²) < 4.78 is 0. The molecule has 0 unspecified atom stereocenters. The van der Waals surface area contributed by atoms with E-state index in [0.717, 1.165) is 31.9 Å². The molecule has 0 aliphatic carbocycles. The number of nitrogens with one attached hydrogen (secondary N) is 1. The molecule has 86 valence electrons. The maximum atomic E-state index is 11.7. The topological polar surface area (TPSA) is 40.9 Å². The van der Waals surface area contributed by atoms with Crippen molar-refractivity contribution in [1.82, 2.24) is 0 Å². The van der Waals surface area contributed by atoms with Gasteiger partial charge < -0.3 is 5.41 Å². The van der Waals surface area contributed by atoms with E-state index in [1.54, 1.807) is 0 Å². The van der Waals surface area contributed by atoms with E-state index in [1.807, 2.05) is 20.8 Å². The number of allylic oxidation sites excluding steroid dienone is 2. The van der Waals surface area contributed by atoms with Crippen LogP contribution in [0.4, 0.5) is 0 Å². The molecular formula is C13H23NO. The van der Waals surface area contributed by atoms with Gasteiger partial charge in [-0.2, -0.15) is 0 Å². The van der Waals surface area contributed by atoms with E-state index in [4.69, 9.17) is 5.41 Å². The van der Waals surface area contributed by atoms with Gasteiger partial charge in [0, 0.05) is 5.41 Å². The smallest absolute Gasteiger partial charge is 0.179 e. The maximum Gasteiger partial charge on any atom is 0.179 e. The number of carbonyl (C=O) groups excluding carboxylic acids is 1. The molecule has 0 rings (SSSR count). The van der Waals surface area contributed by atoms with Crippen LogP contribution in [0.1, 0.15) is 53.4 Å². The van der Waals surface area contributed by atoms with Crippen molar-refractivity contribution >= 4 is 12.0 Å². The van der Waals surface area contributed by atoms with Gasteiger partial charge in [-0.05, 0) is 39.5 Å². The average molecular weight is 209 g/mol. The molecular weight excluding hydrogens is 186 g/mol. The van der Waals surface area contributed by atoms with Crippen LogP contribution < -0.4 is 0 Å². The lowest BCUT2D eigenvalue weighted by Gasteiger charge is -2.28. The Morgan fingerprint density at radius 2 is 1.87 bits per heavy atom. The predicted octanol–water partition coefficient (Wildman–Crippen LogP) is 3.76. The summed E-state index contributed by atoms with van der Waals surface area (Å²) in [4.78, 5) is 11.7. The Bertz CT molecular complexity index is 249. The van der Waals surface area contributed by atoms with Gasteiger partial charge in [-0.25, -0.2) is 0 Å². The molecule has 0 bridgehead atoms. The molecule has 2 heteroatoms. The summed E-state index contributed by atoms with van der Waals surface area (Å²) in [5, 5.41) is 7.11. The largest absolute Gasteiger partial charge is 0.305 e. The molecule has 0 saturated heterocycles. The van der Waals surface area contributed by atoms with Crippen molar-refractivity contribution < 1.29 is 4.79 Å². The molecule has 0 aliphatic rings. The van der Waals surface area contributed by atoms with Gasteiger partial charge in [0.25, 0.3) is 0 Å². The van der Waals surface area contributed by atoms with E-state index in [0.29, 0.717) is 0 Å². The van der Waals surface area contributed by atoms with Gasteiger partial charge in [0.1, 0.15) is 0 Å². The van der Waals surface area contributed by atoms with Gasteiger partial charge >= 0.3 is 0 Å². The SMILES string of the molecule is C/C=C(\C)CCC(CC)(CC)C(=O)C=N. The predicted molar refractivity (Wildman–Crippen MR) is 65.5 cm³/mol. The number of hydrogen-bond acceptors (Lipinski definition) is 2. The number of Topliss-reactive ketones (excluding diaryl/α,β-unsaturated/α-hetero) is 1. The second-order valence-electron chi connectivity index (χ2n) is 4.13. The number of hydrogen-bond donors (Lipinski definition) is 1. The van der Waals surface area contributed by atoms with E-state index in [1.165, 1.54) is 5.57 Å². The van der Waals surface area contributed by atoms with E-state index >= 15 is 0 Å². The zero-order chi connectivity index (χ0) is 11.9. The summed E-state index contributed by atoms with van der Waals surface area (Å²) in [6.07, 6.45) is 6.55. The number of carbonyl (C=O) groups is 1. The van der Waals surface area contributed by atoms with Gasteiger partial charge in [-0.3, -0.25) is 4.79 Å². The van der Waals surface area contributed by atoms with Crippen LogP contribution in [0.5, 0.6) is 0 Å². The van der Waals surface area contributed by atoms with E-state index < -0.39 is 0 Å². The van der Waals surface area contributed by atoms with Crippen LogP contribution in [-0.4, -0.2) is 12.0 Å². The highest BCUT2D eigenvalue weighted by molar-refractivity contribution is 6.28. The Labute approximate surface area is 93.3 Å². The van der Waals surface area contributed by atoms with Gasteiger partial charge in [-0.15, -0.1) is 0 Å². The van der Waals surface area contributed by atoms with Crippen LogP contribution in [-0.2, 0) is 4.79 Å². The fourth-order valence-corrected chi connectivity index (χ4v) is 1.81. The third-order valence-corrected chi connectivity index (χ3v) is 3.50. The maximum absolute atomic E-state index is 11.7. The van der Waals surface area contributed by atoms with Crippen molar-refractivity contribution in [3.63, 3.8) is 0 Å². The Balaban J connectivity index is 4.65. The van der Waals surface area contributed by atoms with Crippen molar-refractivity contribution in [2.45, 2.75) is 53.4 Å². The van der Waals surface area contributed by atoms with Crippen LogP contribution in [0.3, 0.4) is 0 Å².